The molecule has 1 spiro atoms. The van der Waals surface area contributed by atoms with Gasteiger partial charge >= 0.3 is 5.97 Å². The van der Waals surface area contributed by atoms with Gasteiger partial charge in [-0.3, -0.25) is 14.4 Å². The number of aliphatic hydroxyl groups is 1. The highest BCUT2D eigenvalue weighted by Crippen LogP contribution is 2.67. The first-order chi connectivity index (χ1) is 15.9. The molecular formula is C24H37BrN2O5S. The fourth-order valence-electron chi connectivity index (χ4n) is 6.45. The van der Waals surface area contributed by atoms with Crippen LogP contribution in [0.2, 0.25) is 0 Å². The Morgan fingerprint density at radius 3 is 2.64 bits per heavy atom. The van der Waals surface area contributed by atoms with Crippen LogP contribution in [0, 0.1) is 11.8 Å². The van der Waals surface area contributed by atoms with Gasteiger partial charge in [-0.1, -0.05) is 48.0 Å². The van der Waals surface area contributed by atoms with Crippen LogP contribution in [0.1, 0.15) is 71.1 Å². The molecule has 2 N–H and O–H groups in total. The number of rotatable bonds is 10. The highest BCUT2D eigenvalue weighted by atomic mass is 79.9. The number of halogens is 1. The smallest absolute Gasteiger partial charge is 0.310 e. The Bertz CT molecular complexity index is 748. The number of hydrogen-bond donors (Lipinski definition) is 2. The van der Waals surface area contributed by atoms with Crippen molar-refractivity contribution in [1.82, 2.24) is 10.2 Å². The average Bonchev–Trinajstić information content (AvgIpc) is 3.38. The van der Waals surface area contributed by atoms with Crippen molar-refractivity contribution in [2.45, 2.75) is 98.0 Å². The molecule has 0 aromatic rings. The first-order valence-corrected chi connectivity index (χ1v) is 14.4. The molecule has 4 fully saturated rings. The summed E-state index contributed by atoms with van der Waals surface area (Å²) in [4.78, 5) is 42.4. The van der Waals surface area contributed by atoms with Crippen molar-refractivity contribution in [1.29, 1.82) is 0 Å². The van der Waals surface area contributed by atoms with E-state index in [2.05, 4.69) is 21.2 Å². The van der Waals surface area contributed by atoms with Crippen molar-refractivity contribution >= 4 is 45.5 Å². The summed E-state index contributed by atoms with van der Waals surface area (Å²) >= 11 is 5.44. The minimum Gasteiger partial charge on any atom is -0.466 e. The van der Waals surface area contributed by atoms with Gasteiger partial charge in [-0.25, -0.2) is 0 Å². The number of esters is 1. The van der Waals surface area contributed by atoms with E-state index in [0.29, 0.717) is 13.0 Å². The normalized spacial score (nSPS) is 35.7. The van der Waals surface area contributed by atoms with Crippen LogP contribution in [0.15, 0.2) is 0 Å². The molecule has 2 amide bonds. The fourth-order valence-corrected chi connectivity index (χ4v) is 10.1. The molecule has 4 rings (SSSR count). The number of carbonyl (C=O) groups is 3. The molecule has 3 heterocycles. The second-order valence-electron chi connectivity index (χ2n) is 9.93. The molecule has 9 heteroatoms. The predicted octanol–water partition coefficient (Wildman–Crippen LogP) is 3.02. The van der Waals surface area contributed by atoms with E-state index in [9.17, 15) is 14.4 Å². The third-order valence-corrected chi connectivity index (χ3v) is 11.1. The minimum absolute atomic E-state index is 0.0466. The lowest BCUT2D eigenvalue weighted by atomic mass is 9.71. The molecule has 1 aliphatic carbocycles. The Morgan fingerprint density at radius 2 is 1.94 bits per heavy atom. The lowest BCUT2D eigenvalue weighted by molar-refractivity contribution is -0.153. The molecule has 0 aromatic heterocycles. The molecule has 6 atom stereocenters. The minimum atomic E-state index is -0.586. The molecule has 186 valence electrons. The molecular weight excluding hydrogens is 508 g/mol. The lowest BCUT2D eigenvalue weighted by Crippen LogP contribution is -2.56. The summed E-state index contributed by atoms with van der Waals surface area (Å²) in [5.74, 6) is -1.43. The number of ether oxygens (including phenoxy) is 1. The van der Waals surface area contributed by atoms with Crippen LogP contribution in [0.5, 0.6) is 0 Å². The maximum Gasteiger partial charge on any atom is 0.310 e. The van der Waals surface area contributed by atoms with Gasteiger partial charge in [0.25, 0.3) is 0 Å². The van der Waals surface area contributed by atoms with Crippen LogP contribution in [-0.2, 0) is 19.1 Å². The number of nitrogens with one attached hydrogen (secondary N) is 1. The zero-order valence-electron chi connectivity index (χ0n) is 19.5. The van der Waals surface area contributed by atoms with Crippen molar-refractivity contribution in [3.63, 3.8) is 0 Å². The first kappa shape index (κ1) is 25.3. The van der Waals surface area contributed by atoms with Crippen molar-refractivity contribution in [2.24, 2.45) is 11.8 Å². The van der Waals surface area contributed by atoms with Gasteiger partial charge < -0.3 is 20.1 Å². The van der Waals surface area contributed by atoms with Gasteiger partial charge in [0.05, 0.1) is 23.2 Å². The Kier molecular flexibility index (Phi) is 8.32. The number of unbranched alkanes of at least 4 members (excludes halogenated alkanes) is 3. The Balaban J connectivity index is 1.59. The standard InChI is InChI=1S/C24H37BrN2O5S/c1-2-32-23(31)17-18-22(30)27(12-8-3-4-9-13-28)20(24(18)14-16(25)19(17)33-24)21(29)26-15-10-6-5-7-11-15/h15-20,28H,2-14H2,1H3,(H,26,29)/t16?,17-,18-,19-,20?,24?/m0/s1. The number of nitrogens with zero attached hydrogens (tertiary/aromatic N) is 1. The van der Waals surface area contributed by atoms with E-state index >= 15 is 0 Å². The molecule has 0 aromatic carbocycles. The number of alkyl halides is 1. The Labute approximate surface area is 209 Å². The molecule has 33 heavy (non-hydrogen) atoms. The van der Waals surface area contributed by atoms with E-state index in [-0.39, 0.29) is 47.1 Å². The highest BCUT2D eigenvalue weighted by molar-refractivity contribution is 9.09. The van der Waals surface area contributed by atoms with Crippen LogP contribution >= 0.6 is 27.7 Å². The molecule has 0 radical (unpaired) electrons. The lowest BCUT2D eigenvalue weighted by Gasteiger charge is -2.36. The number of hydrogen-bond acceptors (Lipinski definition) is 6. The average molecular weight is 546 g/mol. The van der Waals surface area contributed by atoms with Crippen LogP contribution < -0.4 is 5.32 Å². The van der Waals surface area contributed by atoms with E-state index in [0.717, 1.165) is 51.4 Å². The Hall–Kier alpha value is -0.800. The summed E-state index contributed by atoms with van der Waals surface area (Å²) in [5.41, 5.74) is 0. The summed E-state index contributed by atoms with van der Waals surface area (Å²) in [5, 5.41) is 12.3. The largest absolute Gasteiger partial charge is 0.466 e. The molecule has 3 saturated heterocycles. The van der Waals surface area contributed by atoms with Gasteiger partial charge in [-0.05, 0) is 39.0 Å². The van der Waals surface area contributed by atoms with Crippen molar-refractivity contribution in [3.05, 3.63) is 0 Å². The monoisotopic (exact) mass is 544 g/mol. The van der Waals surface area contributed by atoms with E-state index in [4.69, 9.17) is 9.84 Å². The second-order valence-corrected chi connectivity index (χ2v) is 12.6. The first-order valence-electron chi connectivity index (χ1n) is 12.6. The fraction of sp³-hybridized carbons (Fsp3) is 0.875. The molecule has 4 aliphatic rings. The summed E-state index contributed by atoms with van der Waals surface area (Å²) in [7, 11) is 0. The van der Waals surface area contributed by atoms with Gasteiger partial charge in [-0.2, -0.15) is 0 Å². The van der Waals surface area contributed by atoms with Crippen LogP contribution in [-0.4, -0.2) is 74.5 Å². The summed E-state index contributed by atoms with van der Waals surface area (Å²) in [6.45, 7) is 2.76. The van der Waals surface area contributed by atoms with Crippen molar-refractivity contribution in [3.8, 4) is 0 Å². The van der Waals surface area contributed by atoms with Crippen LogP contribution in [0.4, 0.5) is 0 Å². The summed E-state index contributed by atoms with van der Waals surface area (Å²) in [6.07, 6.45) is 9.50. The third-order valence-electron chi connectivity index (χ3n) is 7.85. The molecule has 3 unspecified atom stereocenters. The van der Waals surface area contributed by atoms with Gasteiger partial charge in [-0.15, -0.1) is 11.8 Å². The number of fused-ring (bicyclic) bond motifs is 1. The van der Waals surface area contributed by atoms with E-state index in [1.165, 1.54) is 6.42 Å². The van der Waals surface area contributed by atoms with Gasteiger partial charge in [0.15, 0.2) is 0 Å². The van der Waals surface area contributed by atoms with E-state index in [1.807, 2.05) is 0 Å². The van der Waals surface area contributed by atoms with E-state index < -0.39 is 22.6 Å². The number of likely N-dealkylation sites (tertiary alicyclic amines) is 1. The number of aliphatic hydroxyl groups excluding tert-OH is 1. The van der Waals surface area contributed by atoms with Crippen molar-refractivity contribution in [2.75, 3.05) is 19.8 Å². The van der Waals surface area contributed by atoms with Gasteiger partial charge in [0, 0.05) is 29.3 Å². The second kappa shape index (κ2) is 10.9. The molecule has 3 aliphatic heterocycles. The molecule has 7 nitrogen and oxygen atoms in total. The van der Waals surface area contributed by atoms with Crippen LogP contribution in [0.25, 0.3) is 0 Å². The highest BCUT2D eigenvalue weighted by Gasteiger charge is 2.75. The van der Waals surface area contributed by atoms with Gasteiger partial charge in [0.2, 0.25) is 11.8 Å². The topological polar surface area (TPSA) is 95.9 Å². The SMILES string of the molecule is CCOC(=O)[C@H]1[C@H]2C(=O)N(CCCCCCO)C(C(=O)NC3CCCCC3)C23CC(Br)[C@@H]1S3. The quantitative estimate of drug-likeness (QED) is 0.249. The van der Waals surface area contributed by atoms with Gasteiger partial charge in [0.1, 0.15) is 6.04 Å². The van der Waals surface area contributed by atoms with E-state index in [1.54, 1.807) is 23.6 Å². The number of thioether (sulfide) groups is 1. The number of amides is 2. The predicted molar refractivity (Wildman–Crippen MR) is 131 cm³/mol. The van der Waals surface area contributed by atoms with Crippen molar-refractivity contribution < 1.29 is 24.2 Å². The maximum absolute atomic E-state index is 13.8. The summed E-state index contributed by atoms with van der Waals surface area (Å²) < 4.78 is 4.80. The summed E-state index contributed by atoms with van der Waals surface area (Å²) in [6, 6.07) is -0.378. The Morgan fingerprint density at radius 1 is 1.21 bits per heavy atom. The zero-order valence-corrected chi connectivity index (χ0v) is 21.9. The zero-order chi connectivity index (χ0) is 23.6. The number of carbonyl (C=O) groups excluding carboxylic acids is 3. The maximum atomic E-state index is 13.8. The van der Waals surface area contributed by atoms with Crippen LogP contribution in [0.3, 0.4) is 0 Å². The molecule has 2 bridgehead atoms. The third kappa shape index (κ3) is 4.70. The molecule has 1 saturated carbocycles.